The highest BCUT2D eigenvalue weighted by atomic mass is 32.1. The van der Waals surface area contributed by atoms with Crippen molar-refractivity contribution in [1.82, 2.24) is 10.3 Å². The predicted molar refractivity (Wildman–Crippen MR) is 87.5 cm³/mol. The molecule has 0 spiro atoms. The first-order chi connectivity index (χ1) is 9.43. The Morgan fingerprint density at radius 1 is 1.25 bits per heavy atom. The van der Waals surface area contributed by atoms with E-state index in [2.05, 4.69) is 39.9 Å². The molecule has 1 aromatic heterocycles. The lowest BCUT2D eigenvalue weighted by Crippen LogP contribution is -2.19. The molecule has 116 valence electrons. The van der Waals surface area contributed by atoms with Crippen molar-refractivity contribution in [3.63, 3.8) is 0 Å². The fourth-order valence-electron chi connectivity index (χ4n) is 2.20. The fraction of sp³-hybridized carbons (Fsp3) is 0.812. The van der Waals surface area contributed by atoms with E-state index in [-0.39, 0.29) is 11.5 Å². The molecule has 0 saturated heterocycles. The molecule has 0 amide bonds. The number of methoxy groups -OCH3 is 1. The minimum absolute atomic E-state index is 0.0858. The van der Waals surface area contributed by atoms with Crippen molar-refractivity contribution in [2.45, 2.75) is 71.9 Å². The maximum Gasteiger partial charge on any atom is 0.122 e. The SMILES string of the molecule is CCCNCc1sc(C(CCC)OC)nc1C(C)(C)C. The van der Waals surface area contributed by atoms with Gasteiger partial charge in [0.1, 0.15) is 11.1 Å². The quantitative estimate of drug-likeness (QED) is 0.721. The van der Waals surface area contributed by atoms with E-state index in [9.17, 15) is 0 Å². The van der Waals surface area contributed by atoms with Gasteiger partial charge < -0.3 is 10.1 Å². The highest BCUT2D eigenvalue weighted by Crippen LogP contribution is 2.34. The number of nitrogens with zero attached hydrogens (tertiary/aromatic N) is 1. The Bertz CT molecular complexity index is 396. The molecule has 1 rings (SSSR count). The van der Waals surface area contributed by atoms with Crippen LogP contribution in [-0.2, 0) is 16.7 Å². The molecule has 20 heavy (non-hydrogen) atoms. The number of thiazole rings is 1. The van der Waals surface area contributed by atoms with Gasteiger partial charge >= 0.3 is 0 Å². The van der Waals surface area contributed by atoms with Crippen LogP contribution in [0.1, 0.15) is 75.6 Å². The summed E-state index contributed by atoms with van der Waals surface area (Å²) >= 11 is 1.81. The van der Waals surface area contributed by atoms with Crippen LogP contribution in [0.15, 0.2) is 0 Å². The van der Waals surface area contributed by atoms with E-state index in [4.69, 9.17) is 9.72 Å². The summed E-state index contributed by atoms with van der Waals surface area (Å²) in [7, 11) is 1.79. The van der Waals surface area contributed by atoms with E-state index in [1.807, 2.05) is 11.3 Å². The van der Waals surface area contributed by atoms with Gasteiger partial charge in [-0.1, -0.05) is 41.0 Å². The van der Waals surface area contributed by atoms with Crippen molar-refractivity contribution in [2.75, 3.05) is 13.7 Å². The zero-order chi connectivity index (χ0) is 15.2. The van der Waals surface area contributed by atoms with Gasteiger partial charge in [-0.3, -0.25) is 0 Å². The highest BCUT2D eigenvalue weighted by Gasteiger charge is 2.25. The Hall–Kier alpha value is -0.450. The van der Waals surface area contributed by atoms with Crippen LogP contribution >= 0.6 is 11.3 Å². The minimum Gasteiger partial charge on any atom is -0.374 e. The summed E-state index contributed by atoms with van der Waals surface area (Å²) in [5.74, 6) is 0. The second-order valence-electron chi connectivity index (χ2n) is 6.26. The molecule has 0 fully saturated rings. The van der Waals surface area contributed by atoms with Crippen LogP contribution < -0.4 is 5.32 Å². The summed E-state index contributed by atoms with van der Waals surface area (Å²) in [6.07, 6.45) is 3.46. The molecule has 0 aliphatic heterocycles. The summed E-state index contributed by atoms with van der Waals surface area (Å²) in [6.45, 7) is 13.1. The zero-order valence-electron chi connectivity index (χ0n) is 13.9. The molecule has 0 aliphatic rings. The third kappa shape index (κ3) is 4.83. The van der Waals surface area contributed by atoms with Gasteiger partial charge in [0.2, 0.25) is 0 Å². The molecule has 1 heterocycles. The standard InChI is InChI=1S/C16H30N2OS/c1-7-9-12(19-6)15-18-14(16(3,4)5)13(20-15)11-17-10-8-2/h12,17H,7-11H2,1-6H3. The Morgan fingerprint density at radius 2 is 1.95 bits per heavy atom. The second-order valence-corrected chi connectivity index (χ2v) is 7.38. The number of rotatable bonds is 8. The van der Waals surface area contributed by atoms with Crippen LogP contribution in [0.4, 0.5) is 0 Å². The van der Waals surface area contributed by atoms with Gasteiger partial charge in [-0.25, -0.2) is 4.98 Å². The summed E-state index contributed by atoms with van der Waals surface area (Å²) in [5.41, 5.74) is 1.31. The lowest BCUT2D eigenvalue weighted by atomic mass is 9.91. The van der Waals surface area contributed by atoms with E-state index in [0.717, 1.165) is 37.4 Å². The van der Waals surface area contributed by atoms with Gasteiger partial charge in [-0.2, -0.15) is 0 Å². The summed E-state index contributed by atoms with van der Waals surface area (Å²) in [4.78, 5) is 6.26. The van der Waals surface area contributed by atoms with E-state index in [1.54, 1.807) is 7.11 Å². The van der Waals surface area contributed by atoms with Crippen molar-refractivity contribution in [1.29, 1.82) is 0 Å². The average Bonchev–Trinajstić information content (AvgIpc) is 2.80. The topological polar surface area (TPSA) is 34.1 Å². The summed E-state index contributed by atoms with van der Waals surface area (Å²) < 4.78 is 5.61. The third-order valence-corrected chi connectivity index (χ3v) is 4.39. The zero-order valence-corrected chi connectivity index (χ0v) is 14.7. The van der Waals surface area contributed by atoms with Gasteiger partial charge in [0.25, 0.3) is 0 Å². The maximum absolute atomic E-state index is 5.61. The summed E-state index contributed by atoms with van der Waals surface area (Å²) in [6, 6.07) is 0. The van der Waals surface area contributed by atoms with Gasteiger partial charge in [0.15, 0.2) is 0 Å². The molecule has 1 unspecified atom stereocenters. The number of nitrogens with one attached hydrogen (secondary N) is 1. The largest absolute Gasteiger partial charge is 0.374 e. The molecule has 4 heteroatoms. The Labute approximate surface area is 128 Å². The molecule has 3 nitrogen and oxygen atoms in total. The van der Waals surface area contributed by atoms with E-state index >= 15 is 0 Å². The lowest BCUT2D eigenvalue weighted by Gasteiger charge is -2.18. The second kappa shape index (κ2) is 8.11. The van der Waals surface area contributed by atoms with Crippen molar-refractivity contribution in [3.05, 3.63) is 15.6 Å². The molecule has 1 atom stereocenters. The molecule has 0 saturated carbocycles. The Morgan fingerprint density at radius 3 is 2.45 bits per heavy atom. The third-order valence-electron chi connectivity index (χ3n) is 3.25. The van der Waals surface area contributed by atoms with Crippen LogP contribution in [0.25, 0.3) is 0 Å². The van der Waals surface area contributed by atoms with Crippen molar-refractivity contribution in [3.8, 4) is 0 Å². The molecule has 0 radical (unpaired) electrons. The van der Waals surface area contributed by atoms with Crippen LogP contribution in [-0.4, -0.2) is 18.6 Å². The minimum atomic E-state index is 0.0858. The van der Waals surface area contributed by atoms with Crippen molar-refractivity contribution >= 4 is 11.3 Å². The first-order valence-corrected chi connectivity index (χ1v) is 8.49. The maximum atomic E-state index is 5.61. The fourth-order valence-corrected chi connectivity index (χ4v) is 3.55. The molecular weight excluding hydrogens is 268 g/mol. The van der Waals surface area contributed by atoms with Crippen LogP contribution in [0.5, 0.6) is 0 Å². The molecular formula is C16H30N2OS. The number of aromatic nitrogens is 1. The molecule has 0 aromatic carbocycles. The Kier molecular flexibility index (Phi) is 7.13. The molecule has 1 aromatic rings. The van der Waals surface area contributed by atoms with Crippen molar-refractivity contribution < 1.29 is 4.74 Å². The van der Waals surface area contributed by atoms with Gasteiger partial charge in [0, 0.05) is 23.9 Å². The summed E-state index contributed by atoms with van der Waals surface area (Å²) in [5, 5.41) is 4.63. The average molecular weight is 298 g/mol. The number of hydrogen-bond donors (Lipinski definition) is 1. The van der Waals surface area contributed by atoms with Crippen LogP contribution in [0.2, 0.25) is 0 Å². The molecule has 0 aliphatic carbocycles. The predicted octanol–water partition coefficient (Wildman–Crippen LogP) is 4.43. The van der Waals surface area contributed by atoms with Crippen LogP contribution in [0.3, 0.4) is 0 Å². The molecule has 1 N–H and O–H groups in total. The van der Waals surface area contributed by atoms with Crippen molar-refractivity contribution in [2.24, 2.45) is 0 Å². The van der Waals surface area contributed by atoms with Gasteiger partial charge in [-0.15, -0.1) is 11.3 Å². The Balaban J connectivity index is 2.98. The van der Waals surface area contributed by atoms with Crippen LogP contribution in [0, 0.1) is 0 Å². The van der Waals surface area contributed by atoms with E-state index in [1.165, 1.54) is 10.6 Å². The van der Waals surface area contributed by atoms with E-state index in [0.29, 0.717) is 0 Å². The number of ether oxygens (including phenoxy) is 1. The first-order valence-electron chi connectivity index (χ1n) is 7.67. The monoisotopic (exact) mass is 298 g/mol. The normalized spacial score (nSPS) is 13.7. The first kappa shape index (κ1) is 17.6. The smallest absolute Gasteiger partial charge is 0.122 e. The lowest BCUT2D eigenvalue weighted by molar-refractivity contribution is 0.0945. The highest BCUT2D eigenvalue weighted by molar-refractivity contribution is 7.11. The number of hydrogen-bond acceptors (Lipinski definition) is 4. The van der Waals surface area contributed by atoms with Gasteiger partial charge in [0.05, 0.1) is 5.69 Å². The molecule has 0 bridgehead atoms. The van der Waals surface area contributed by atoms with Gasteiger partial charge in [-0.05, 0) is 19.4 Å². The van der Waals surface area contributed by atoms with E-state index < -0.39 is 0 Å².